The predicted octanol–water partition coefficient (Wildman–Crippen LogP) is 4.92. The molecule has 182 valence electrons. The molecule has 0 saturated carbocycles. The largest absolute Gasteiger partial charge is 0.369 e. The third kappa shape index (κ3) is 5.14. The van der Waals surface area contributed by atoms with Crippen molar-refractivity contribution in [3.05, 3.63) is 101 Å². The molecule has 0 radical (unpaired) electrons. The summed E-state index contributed by atoms with van der Waals surface area (Å²) in [4.78, 5) is 8.88. The number of anilines is 1. The van der Waals surface area contributed by atoms with Crippen LogP contribution in [0.25, 0.3) is 0 Å². The van der Waals surface area contributed by atoms with Crippen LogP contribution in [0.2, 0.25) is 0 Å². The average molecular weight is 469 g/mol. The van der Waals surface area contributed by atoms with Crippen molar-refractivity contribution in [1.29, 1.82) is 0 Å². The summed E-state index contributed by atoms with van der Waals surface area (Å²) in [6, 6.07) is 28.8. The highest BCUT2D eigenvalue weighted by Gasteiger charge is 2.40. The second-order valence-electron chi connectivity index (χ2n) is 10.1. The van der Waals surface area contributed by atoms with Crippen molar-refractivity contribution < 1.29 is 4.84 Å². The van der Waals surface area contributed by atoms with Crippen molar-refractivity contribution in [1.82, 2.24) is 15.5 Å². The number of hydrogen-bond donors (Lipinski definition) is 1. The number of hydrazine groups is 1. The van der Waals surface area contributed by atoms with Gasteiger partial charge in [0.15, 0.2) is 0 Å². The van der Waals surface area contributed by atoms with E-state index in [4.69, 9.17) is 4.84 Å². The second kappa shape index (κ2) is 10.5. The fourth-order valence-electron chi connectivity index (χ4n) is 5.94. The van der Waals surface area contributed by atoms with E-state index in [0.29, 0.717) is 18.6 Å². The van der Waals surface area contributed by atoms with Gasteiger partial charge < -0.3 is 4.90 Å². The van der Waals surface area contributed by atoms with Gasteiger partial charge >= 0.3 is 0 Å². The van der Waals surface area contributed by atoms with Gasteiger partial charge in [-0.3, -0.25) is 10.3 Å². The number of hydroxylamine groups is 2. The summed E-state index contributed by atoms with van der Waals surface area (Å²) < 4.78 is 0. The molecule has 1 aliphatic carbocycles. The van der Waals surface area contributed by atoms with Crippen molar-refractivity contribution in [2.45, 2.75) is 37.8 Å². The Hall–Kier alpha value is -2.70. The number of benzene rings is 3. The minimum Gasteiger partial charge on any atom is -0.369 e. The van der Waals surface area contributed by atoms with Crippen LogP contribution in [0, 0.1) is 0 Å². The molecule has 5 nitrogen and oxygen atoms in total. The Morgan fingerprint density at radius 1 is 0.771 bits per heavy atom. The number of nitrogens with one attached hydrogen (secondary N) is 1. The van der Waals surface area contributed by atoms with E-state index >= 15 is 0 Å². The lowest BCUT2D eigenvalue weighted by molar-refractivity contribution is -0.207. The van der Waals surface area contributed by atoms with Crippen molar-refractivity contribution in [2.24, 2.45) is 0 Å². The number of rotatable bonds is 8. The third-order valence-electron chi connectivity index (χ3n) is 7.90. The Morgan fingerprint density at radius 3 is 2.29 bits per heavy atom. The van der Waals surface area contributed by atoms with Gasteiger partial charge in [-0.2, -0.15) is 5.06 Å². The summed E-state index contributed by atoms with van der Waals surface area (Å²) >= 11 is 0. The minimum absolute atomic E-state index is 0.383. The van der Waals surface area contributed by atoms with Gasteiger partial charge in [0.1, 0.15) is 0 Å². The van der Waals surface area contributed by atoms with Gasteiger partial charge in [-0.05, 0) is 59.6 Å². The predicted molar refractivity (Wildman–Crippen MR) is 141 cm³/mol. The minimum atomic E-state index is 0.383. The summed E-state index contributed by atoms with van der Waals surface area (Å²) in [6.07, 6.45) is 3.44. The van der Waals surface area contributed by atoms with Crippen LogP contribution in [0.5, 0.6) is 0 Å². The maximum atomic E-state index is 6.33. The van der Waals surface area contributed by atoms with E-state index in [1.807, 2.05) is 0 Å². The molecule has 2 aliphatic heterocycles. The van der Waals surface area contributed by atoms with E-state index in [1.54, 1.807) is 5.56 Å². The van der Waals surface area contributed by atoms with Gasteiger partial charge in [-0.25, -0.2) is 5.01 Å². The molecule has 3 aromatic carbocycles. The standard InChI is InChI=1S/C30H36N4O/c1-3-7-24(8-4-1)13-15-31-33-19-17-32(18-20-33)27-11-12-28-26-14-16-34(30(21-26)29(28)22-27)35-23-25-9-5-2-6-10-25/h1-12,22,26,30-31H,13-21,23H2/t26?,30-/m1/s1. The lowest BCUT2D eigenvalue weighted by Gasteiger charge is -2.36. The van der Waals surface area contributed by atoms with Gasteiger partial charge in [0.25, 0.3) is 0 Å². The first-order chi connectivity index (χ1) is 17.3. The van der Waals surface area contributed by atoms with Crippen LogP contribution in [-0.4, -0.2) is 49.3 Å². The Labute approximate surface area is 209 Å². The topological polar surface area (TPSA) is 31.0 Å². The first-order valence-corrected chi connectivity index (χ1v) is 13.2. The zero-order chi connectivity index (χ0) is 23.5. The number of piperazine rings is 1. The number of fused-ring (bicyclic) bond motifs is 5. The highest BCUT2D eigenvalue weighted by atomic mass is 16.7. The zero-order valence-corrected chi connectivity index (χ0v) is 20.5. The summed E-state index contributed by atoms with van der Waals surface area (Å²) in [5.41, 5.74) is 10.7. The molecule has 2 bridgehead atoms. The van der Waals surface area contributed by atoms with Crippen LogP contribution >= 0.6 is 0 Å². The van der Waals surface area contributed by atoms with E-state index in [9.17, 15) is 0 Å². The number of hydrogen-bond acceptors (Lipinski definition) is 5. The third-order valence-corrected chi connectivity index (χ3v) is 7.90. The molecule has 1 unspecified atom stereocenters. The zero-order valence-electron chi connectivity index (χ0n) is 20.5. The summed E-state index contributed by atoms with van der Waals surface area (Å²) in [5, 5.41) is 4.65. The molecule has 6 rings (SSSR count). The van der Waals surface area contributed by atoms with E-state index in [2.05, 4.69) is 99.3 Å². The van der Waals surface area contributed by atoms with Crippen molar-refractivity contribution in [2.75, 3.05) is 44.2 Å². The molecule has 2 atom stereocenters. The average Bonchev–Trinajstić information content (AvgIpc) is 3.21. The SMILES string of the molecule is c1ccc(CCNN2CCN(c3ccc4c(c3)[C@H]3CC4CCN3OCc3ccccc3)CC2)cc1. The van der Waals surface area contributed by atoms with Crippen LogP contribution in [0.15, 0.2) is 78.9 Å². The molecule has 2 saturated heterocycles. The lowest BCUT2D eigenvalue weighted by atomic mass is 9.96. The highest BCUT2D eigenvalue weighted by molar-refractivity contribution is 5.55. The van der Waals surface area contributed by atoms with E-state index in [0.717, 1.165) is 45.7 Å². The molecule has 5 heteroatoms. The number of nitrogens with zero attached hydrogens (tertiary/aromatic N) is 3. The molecule has 1 N–H and O–H groups in total. The van der Waals surface area contributed by atoms with Gasteiger partial charge in [0.2, 0.25) is 0 Å². The molecule has 0 spiro atoms. The monoisotopic (exact) mass is 468 g/mol. The number of piperidine rings is 1. The lowest BCUT2D eigenvalue weighted by Crippen LogP contribution is -2.52. The molecule has 2 heterocycles. The second-order valence-corrected chi connectivity index (χ2v) is 10.1. The molecule has 0 aromatic heterocycles. The molecular weight excluding hydrogens is 432 g/mol. The maximum absolute atomic E-state index is 6.33. The fourth-order valence-corrected chi connectivity index (χ4v) is 5.94. The van der Waals surface area contributed by atoms with Crippen LogP contribution in [0.3, 0.4) is 0 Å². The van der Waals surface area contributed by atoms with Gasteiger partial charge in [-0.15, -0.1) is 0 Å². The van der Waals surface area contributed by atoms with Crippen molar-refractivity contribution >= 4 is 5.69 Å². The van der Waals surface area contributed by atoms with Gasteiger partial charge in [0.05, 0.1) is 12.6 Å². The first kappa shape index (κ1) is 22.7. The van der Waals surface area contributed by atoms with Crippen LogP contribution in [-0.2, 0) is 17.9 Å². The quantitative estimate of drug-likeness (QED) is 0.507. The van der Waals surface area contributed by atoms with E-state index in [1.165, 1.54) is 35.2 Å². The van der Waals surface area contributed by atoms with Crippen LogP contribution < -0.4 is 10.3 Å². The molecule has 35 heavy (non-hydrogen) atoms. The van der Waals surface area contributed by atoms with Crippen molar-refractivity contribution in [3.8, 4) is 0 Å². The highest BCUT2D eigenvalue weighted by Crippen LogP contribution is 2.50. The first-order valence-electron chi connectivity index (χ1n) is 13.2. The molecule has 0 amide bonds. The van der Waals surface area contributed by atoms with Gasteiger partial charge in [-0.1, -0.05) is 66.7 Å². The van der Waals surface area contributed by atoms with E-state index < -0.39 is 0 Å². The van der Waals surface area contributed by atoms with Crippen molar-refractivity contribution in [3.63, 3.8) is 0 Å². The Bertz CT molecular complexity index is 1100. The molecule has 2 fully saturated rings. The maximum Gasteiger partial charge on any atom is 0.0936 e. The molecular formula is C30H36N4O. The fraction of sp³-hybridized carbons (Fsp3) is 0.400. The summed E-state index contributed by atoms with van der Waals surface area (Å²) in [6.45, 7) is 6.86. The summed E-state index contributed by atoms with van der Waals surface area (Å²) in [7, 11) is 0. The van der Waals surface area contributed by atoms with Gasteiger partial charge in [0, 0.05) is 45.0 Å². The normalized spacial score (nSPS) is 22.3. The summed E-state index contributed by atoms with van der Waals surface area (Å²) in [5.74, 6) is 0.686. The van der Waals surface area contributed by atoms with Crippen LogP contribution in [0.4, 0.5) is 5.69 Å². The Kier molecular flexibility index (Phi) is 6.83. The molecule has 3 aliphatic rings. The molecule has 3 aromatic rings. The Balaban J connectivity index is 1.05. The van der Waals surface area contributed by atoms with Crippen LogP contribution in [0.1, 0.15) is 47.1 Å². The smallest absolute Gasteiger partial charge is 0.0936 e. The van der Waals surface area contributed by atoms with E-state index in [-0.39, 0.29) is 0 Å². The Morgan fingerprint density at radius 2 is 1.51 bits per heavy atom.